The summed E-state index contributed by atoms with van der Waals surface area (Å²) in [4.78, 5) is 0. The molecule has 2 aliphatic rings. The largest absolute Gasteiger partial charge is 0.365 e. The van der Waals surface area contributed by atoms with Crippen molar-refractivity contribution in [3.63, 3.8) is 0 Å². The average Bonchev–Trinajstić information content (AvgIpc) is 2.96. The second-order valence-corrected chi connectivity index (χ2v) is 14.8. The molecule has 0 unspecified atom stereocenters. The molecule has 0 saturated carbocycles. The molecular weight excluding hydrogens is 252 g/mol. The van der Waals surface area contributed by atoms with Gasteiger partial charge in [-0.15, -0.1) is 30.1 Å². The van der Waals surface area contributed by atoms with Gasteiger partial charge in [-0.3, -0.25) is 0 Å². The lowest BCUT2D eigenvalue weighted by atomic mass is 10.2. The summed E-state index contributed by atoms with van der Waals surface area (Å²) in [7, 11) is -1.16. The number of epoxide rings is 1. The Bertz CT molecular complexity index is 269. The Kier molecular flexibility index (Phi) is 3.84. The Morgan fingerprint density at radius 3 is 2.44 bits per heavy atom. The lowest BCUT2D eigenvalue weighted by Crippen LogP contribution is -2.49. The number of thioether (sulfide) groups is 2. The van der Waals surface area contributed by atoms with E-state index in [1.54, 1.807) is 0 Å². The molecule has 0 N–H and O–H groups in total. The van der Waals surface area contributed by atoms with Crippen LogP contribution in [0.3, 0.4) is 0 Å². The van der Waals surface area contributed by atoms with Crippen LogP contribution in [0.15, 0.2) is 12.7 Å². The highest BCUT2D eigenvalue weighted by Gasteiger charge is 2.51. The van der Waals surface area contributed by atoms with E-state index >= 15 is 0 Å². The maximum absolute atomic E-state index is 5.67. The first-order valence-electron chi connectivity index (χ1n) is 6.04. The normalized spacial score (nSPS) is 33.4. The summed E-state index contributed by atoms with van der Waals surface area (Å²) in [5, 5.41) is 0. The first-order chi connectivity index (χ1) is 7.48. The first-order valence-corrected chi connectivity index (χ1v) is 11.5. The summed E-state index contributed by atoms with van der Waals surface area (Å²) in [5.41, 5.74) is 0. The fourth-order valence-electron chi connectivity index (χ4n) is 2.22. The van der Waals surface area contributed by atoms with Crippen LogP contribution in [0.4, 0.5) is 0 Å². The van der Waals surface area contributed by atoms with Crippen LogP contribution in [0.2, 0.25) is 19.6 Å². The molecule has 2 atom stereocenters. The van der Waals surface area contributed by atoms with Crippen LogP contribution in [0.5, 0.6) is 0 Å². The minimum absolute atomic E-state index is 0.344. The molecule has 0 radical (unpaired) electrons. The smallest absolute Gasteiger partial charge is 0.102 e. The zero-order valence-corrected chi connectivity index (χ0v) is 13.1. The number of ether oxygens (including phenoxy) is 1. The number of rotatable bonds is 4. The molecule has 2 heterocycles. The summed E-state index contributed by atoms with van der Waals surface area (Å²) >= 11 is 4.42. The van der Waals surface area contributed by atoms with Crippen molar-refractivity contribution in [1.29, 1.82) is 0 Å². The highest BCUT2D eigenvalue weighted by atomic mass is 32.2. The van der Waals surface area contributed by atoms with Gasteiger partial charge in [-0.1, -0.05) is 25.7 Å². The van der Waals surface area contributed by atoms with E-state index in [4.69, 9.17) is 4.74 Å². The van der Waals surface area contributed by atoms with Gasteiger partial charge < -0.3 is 4.74 Å². The maximum atomic E-state index is 5.67. The Hall–Kier alpha value is 0.617. The van der Waals surface area contributed by atoms with Gasteiger partial charge in [0.1, 0.15) is 6.10 Å². The van der Waals surface area contributed by atoms with Gasteiger partial charge in [0.2, 0.25) is 0 Å². The standard InChI is InChI=1S/C12H22OS2Si/c1-5-10-11(13-10)9-12(16(2,3)4)14-7-6-8-15-12/h5,10-11H,1,6-9H2,2-4H3/t10-,11+/m0/s1. The summed E-state index contributed by atoms with van der Waals surface area (Å²) in [5.74, 6) is 2.67. The second kappa shape index (κ2) is 4.71. The van der Waals surface area contributed by atoms with E-state index < -0.39 is 8.07 Å². The summed E-state index contributed by atoms with van der Waals surface area (Å²) in [6, 6.07) is 0. The molecule has 2 aliphatic heterocycles. The average molecular weight is 275 g/mol. The Labute approximate surface area is 109 Å². The lowest BCUT2D eigenvalue weighted by molar-refractivity contribution is 0.380. The molecule has 2 rings (SSSR count). The molecule has 4 heteroatoms. The second-order valence-electron chi connectivity index (χ2n) is 5.63. The molecule has 92 valence electrons. The van der Waals surface area contributed by atoms with Crippen molar-refractivity contribution in [1.82, 2.24) is 0 Å². The van der Waals surface area contributed by atoms with Gasteiger partial charge in [0.15, 0.2) is 0 Å². The third-order valence-electron chi connectivity index (χ3n) is 3.43. The van der Waals surface area contributed by atoms with Crippen LogP contribution in [0.25, 0.3) is 0 Å². The quantitative estimate of drug-likeness (QED) is 0.440. The van der Waals surface area contributed by atoms with E-state index in [9.17, 15) is 0 Å². The van der Waals surface area contributed by atoms with Crippen LogP contribution >= 0.6 is 23.5 Å². The van der Waals surface area contributed by atoms with Gasteiger partial charge in [0, 0.05) is 0 Å². The van der Waals surface area contributed by atoms with Gasteiger partial charge in [0.05, 0.1) is 17.9 Å². The highest BCUT2D eigenvalue weighted by molar-refractivity contribution is 8.21. The molecule has 0 spiro atoms. The molecule has 0 aliphatic carbocycles. The number of hydrogen-bond acceptors (Lipinski definition) is 3. The van der Waals surface area contributed by atoms with Gasteiger partial charge >= 0.3 is 0 Å². The zero-order valence-electron chi connectivity index (χ0n) is 10.5. The van der Waals surface area contributed by atoms with Crippen molar-refractivity contribution in [3.05, 3.63) is 12.7 Å². The molecule has 0 bridgehead atoms. The first kappa shape index (κ1) is 13.1. The SMILES string of the molecule is C=C[C@@H]1O[C@@H]1CC1([Si](C)(C)C)SCCCS1. The van der Waals surface area contributed by atoms with E-state index in [0.717, 1.165) is 0 Å². The van der Waals surface area contributed by atoms with E-state index in [2.05, 4.69) is 49.7 Å². The molecule has 2 fully saturated rings. The topological polar surface area (TPSA) is 12.5 Å². The van der Waals surface area contributed by atoms with Crippen molar-refractivity contribution in [2.45, 2.75) is 48.4 Å². The Balaban J connectivity index is 2.05. The predicted octanol–water partition coefficient (Wildman–Crippen LogP) is 3.77. The van der Waals surface area contributed by atoms with Crippen molar-refractivity contribution in [2.75, 3.05) is 11.5 Å². The third kappa shape index (κ3) is 2.55. The molecule has 0 aromatic carbocycles. The van der Waals surface area contributed by atoms with Crippen LogP contribution in [-0.4, -0.2) is 35.5 Å². The monoisotopic (exact) mass is 274 g/mol. The molecule has 0 amide bonds. The van der Waals surface area contributed by atoms with Crippen molar-refractivity contribution in [3.8, 4) is 0 Å². The van der Waals surface area contributed by atoms with Gasteiger partial charge in [0.25, 0.3) is 0 Å². The minimum Gasteiger partial charge on any atom is -0.365 e. The summed E-state index contributed by atoms with van der Waals surface area (Å²) < 4.78 is 6.15. The highest BCUT2D eigenvalue weighted by Crippen LogP contribution is 2.53. The van der Waals surface area contributed by atoms with E-state index in [-0.39, 0.29) is 0 Å². The zero-order chi connectivity index (χ0) is 11.8. The van der Waals surface area contributed by atoms with Crippen molar-refractivity contribution in [2.24, 2.45) is 0 Å². The molecule has 16 heavy (non-hydrogen) atoms. The minimum atomic E-state index is -1.16. The fraction of sp³-hybridized carbons (Fsp3) is 0.833. The maximum Gasteiger partial charge on any atom is 0.102 e. The van der Waals surface area contributed by atoms with E-state index in [1.165, 1.54) is 24.3 Å². The van der Waals surface area contributed by atoms with E-state index in [0.29, 0.717) is 15.9 Å². The van der Waals surface area contributed by atoms with Gasteiger partial charge in [-0.2, -0.15) is 0 Å². The molecule has 1 nitrogen and oxygen atoms in total. The summed E-state index contributed by atoms with van der Waals surface area (Å²) in [6.07, 6.45) is 5.37. The lowest BCUT2D eigenvalue weighted by Gasteiger charge is -2.45. The van der Waals surface area contributed by atoms with Crippen LogP contribution < -0.4 is 0 Å². The molecule has 2 saturated heterocycles. The van der Waals surface area contributed by atoms with Crippen LogP contribution in [0.1, 0.15) is 12.8 Å². The van der Waals surface area contributed by atoms with Crippen LogP contribution in [0, 0.1) is 0 Å². The predicted molar refractivity (Wildman–Crippen MR) is 79.1 cm³/mol. The van der Waals surface area contributed by atoms with Gasteiger partial charge in [-0.05, 0) is 24.3 Å². The molecule has 0 aromatic heterocycles. The Morgan fingerprint density at radius 2 is 2.00 bits per heavy atom. The molecule has 0 aromatic rings. The molecular formula is C12H22OS2Si. The van der Waals surface area contributed by atoms with Crippen molar-refractivity contribution >= 4 is 31.6 Å². The van der Waals surface area contributed by atoms with Crippen LogP contribution in [-0.2, 0) is 4.74 Å². The van der Waals surface area contributed by atoms with E-state index in [1.807, 2.05) is 6.08 Å². The third-order valence-corrected chi connectivity index (χ3v) is 13.4. The van der Waals surface area contributed by atoms with Crippen molar-refractivity contribution < 1.29 is 4.74 Å². The number of hydrogen-bond donors (Lipinski definition) is 0. The van der Waals surface area contributed by atoms with Gasteiger partial charge in [-0.25, -0.2) is 0 Å². The summed E-state index contributed by atoms with van der Waals surface area (Å²) in [6.45, 7) is 11.3. The Morgan fingerprint density at radius 1 is 1.38 bits per heavy atom. The fourth-order valence-corrected chi connectivity index (χ4v) is 9.93.